The summed E-state index contributed by atoms with van der Waals surface area (Å²) in [5.74, 6) is 0.273. The van der Waals surface area contributed by atoms with E-state index in [9.17, 15) is 4.79 Å². The van der Waals surface area contributed by atoms with Crippen LogP contribution in [0.15, 0.2) is 48.5 Å². The third-order valence-corrected chi connectivity index (χ3v) is 3.38. The van der Waals surface area contributed by atoms with Gasteiger partial charge in [-0.2, -0.15) is 0 Å². The summed E-state index contributed by atoms with van der Waals surface area (Å²) in [6.45, 7) is 0. The molecule has 1 nitrogen and oxygen atoms in total. The molecule has 1 aliphatic rings. The standard InChI is InChI=1S/C16H14O/c17-16-11-5-7-12-6-1-2-8-13(12)14-9-3-4-10-15(14)16/h1-4,6,8-10H,5,7,11H2. The number of aryl methyl sites for hydroxylation is 1. The molecule has 2 aromatic carbocycles. The molecule has 0 spiro atoms. The van der Waals surface area contributed by atoms with Crippen LogP contribution in [0, 0.1) is 0 Å². The monoisotopic (exact) mass is 222 g/mol. The van der Waals surface area contributed by atoms with E-state index in [1.165, 1.54) is 11.1 Å². The van der Waals surface area contributed by atoms with Crippen LogP contribution in [0.25, 0.3) is 11.1 Å². The Kier molecular flexibility index (Phi) is 2.52. The van der Waals surface area contributed by atoms with Gasteiger partial charge < -0.3 is 0 Å². The van der Waals surface area contributed by atoms with Crippen molar-refractivity contribution in [1.29, 1.82) is 0 Å². The van der Waals surface area contributed by atoms with Gasteiger partial charge >= 0.3 is 0 Å². The molecular weight excluding hydrogens is 208 g/mol. The molecule has 0 N–H and O–H groups in total. The second kappa shape index (κ2) is 4.17. The summed E-state index contributed by atoms with van der Waals surface area (Å²) in [4.78, 5) is 12.1. The first-order valence-electron chi connectivity index (χ1n) is 6.07. The number of fused-ring (bicyclic) bond motifs is 3. The topological polar surface area (TPSA) is 17.1 Å². The second-order valence-corrected chi connectivity index (χ2v) is 4.48. The van der Waals surface area contributed by atoms with Crippen molar-refractivity contribution in [2.45, 2.75) is 19.3 Å². The number of hydrogen-bond donors (Lipinski definition) is 0. The highest BCUT2D eigenvalue weighted by atomic mass is 16.1. The van der Waals surface area contributed by atoms with E-state index in [0.29, 0.717) is 6.42 Å². The molecule has 0 saturated carbocycles. The summed E-state index contributed by atoms with van der Waals surface area (Å²) in [7, 11) is 0. The average Bonchev–Trinajstić information content (AvgIpc) is 2.37. The highest BCUT2D eigenvalue weighted by molar-refractivity contribution is 6.03. The van der Waals surface area contributed by atoms with E-state index in [-0.39, 0.29) is 5.78 Å². The van der Waals surface area contributed by atoms with Gasteiger partial charge in [-0.15, -0.1) is 0 Å². The Morgan fingerprint density at radius 3 is 2.18 bits per heavy atom. The summed E-state index contributed by atoms with van der Waals surface area (Å²) in [5, 5.41) is 0. The van der Waals surface area contributed by atoms with E-state index < -0.39 is 0 Å². The molecule has 0 aliphatic heterocycles. The molecule has 0 aromatic heterocycles. The van der Waals surface area contributed by atoms with Crippen LogP contribution in [0.3, 0.4) is 0 Å². The molecule has 1 heteroatoms. The van der Waals surface area contributed by atoms with Crippen LogP contribution in [0.1, 0.15) is 28.8 Å². The number of rotatable bonds is 0. The van der Waals surface area contributed by atoms with Crippen LogP contribution in [-0.2, 0) is 6.42 Å². The van der Waals surface area contributed by atoms with Crippen LogP contribution in [0.4, 0.5) is 0 Å². The Balaban J connectivity index is 2.28. The third kappa shape index (κ3) is 1.78. The van der Waals surface area contributed by atoms with Crippen molar-refractivity contribution in [2.75, 3.05) is 0 Å². The Morgan fingerprint density at radius 2 is 1.35 bits per heavy atom. The molecule has 3 rings (SSSR count). The number of ketones is 1. The van der Waals surface area contributed by atoms with Gasteiger partial charge in [0.15, 0.2) is 5.78 Å². The molecule has 84 valence electrons. The molecule has 0 atom stereocenters. The molecule has 0 heterocycles. The Bertz CT molecular complexity index is 569. The van der Waals surface area contributed by atoms with Crippen molar-refractivity contribution in [2.24, 2.45) is 0 Å². The van der Waals surface area contributed by atoms with Crippen LogP contribution in [0.5, 0.6) is 0 Å². The maximum absolute atomic E-state index is 12.1. The van der Waals surface area contributed by atoms with E-state index in [4.69, 9.17) is 0 Å². The number of benzene rings is 2. The van der Waals surface area contributed by atoms with Crippen molar-refractivity contribution < 1.29 is 4.79 Å². The molecule has 0 saturated heterocycles. The highest BCUT2D eigenvalue weighted by Crippen LogP contribution is 2.31. The van der Waals surface area contributed by atoms with Gasteiger partial charge in [0.2, 0.25) is 0 Å². The smallest absolute Gasteiger partial charge is 0.163 e. The third-order valence-electron chi connectivity index (χ3n) is 3.38. The quantitative estimate of drug-likeness (QED) is 0.661. The average molecular weight is 222 g/mol. The van der Waals surface area contributed by atoms with Gasteiger partial charge in [0.05, 0.1) is 0 Å². The van der Waals surface area contributed by atoms with Crippen LogP contribution in [-0.4, -0.2) is 5.78 Å². The number of Topliss-reactive ketones (excluding diaryl/α,β-unsaturated/α-hetero) is 1. The maximum atomic E-state index is 12.1. The lowest BCUT2D eigenvalue weighted by Crippen LogP contribution is -2.06. The summed E-state index contributed by atoms with van der Waals surface area (Å²) < 4.78 is 0. The van der Waals surface area contributed by atoms with Gasteiger partial charge in [0.25, 0.3) is 0 Å². The number of carbonyl (C=O) groups is 1. The minimum absolute atomic E-state index is 0.273. The summed E-state index contributed by atoms with van der Waals surface area (Å²) in [6, 6.07) is 16.4. The molecular formula is C16H14O. The maximum Gasteiger partial charge on any atom is 0.163 e. The van der Waals surface area contributed by atoms with Gasteiger partial charge in [-0.3, -0.25) is 4.79 Å². The zero-order valence-corrected chi connectivity index (χ0v) is 9.65. The fourth-order valence-electron chi connectivity index (χ4n) is 2.54. The van der Waals surface area contributed by atoms with Crippen molar-refractivity contribution in [3.8, 4) is 11.1 Å². The fourth-order valence-corrected chi connectivity index (χ4v) is 2.54. The summed E-state index contributed by atoms with van der Waals surface area (Å²) in [6.07, 6.45) is 2.60. The van der Waals surface area contributed by atoms with Crippen LogP contribution >= 0.6 is 0 Å². The molecule has 0 bridgehead atoms. The lowest BCUT2D eigenvalue weighted by molar-refractivity contribution is 0.0980. The molecule has 0 radical (unpaired) electrons. The minimum atomic E-state index is 0.273. The molecule has 17 heavy (non-hydrogen) atoms. The van der Waals surface area contributed by atoms with Gasteiger partial charge in [-0.25, -0.2) is 0 Å². The van der Waals surface area contributed by atoms with E-state index in [1.54, 1.807) is 0 Å². The van der Waals surface area contributed by atoms with Gasteiger partial charge in [-0.1, -0.05) is 48.5 Å². The first kappa shape index (κ1) is 10.3. The van der Waals surface area contributed by atoms with E-state index in [0.717, 1.165) is 24.0 Å². The van der Waals surface area contributed by atoms with E-state index in [1.807, 2.05) is 24.3 Å². The first-order chi connectivity index (χ1) is 8.36. The molecule has 0 unspecified atom stereocenters. The zero-order valence-electron chi connectivity index (χ0n) is 9.65. The highest BCUT2D eigenvalue weighted by Gasteiger charge is 2.17. The van der Waals surface area contributed by atoms with Crippen molar-refractivity contribution >= 4 is 5.78 Å². The predicted molar refractivity (Wildman–Crippen MR) is 69.1 cm³/mol. The number of carbonyl (C=O) groups excluding carboxylic acids is 1. The summed E-state index contributed by atoms with van der Waals surface area (Å²) >= 11 is 0. The first-order valence-corrected chi connectivity index (χ1v) is 6.07. The van der Waals surface area contributed by atoms with Crippen molar-refractivity contribution in [3.63, 3.8) is 0 Å². The van der Waals surface area contributed by atoms with Gasteiger partial charge in [-0.05, 0) is 29.5 Å². The summed E-state index contributed by atoms with van der Waals surface area (Å²) in [5.41, 5.74) is 4.54. The Labute approximate surface area is 101 Å². The number of hydrogen-bond acceptors (Lipinski definition) is 1. The molecule has 0 amide bonds. The molecule has 1 aliphatic carbocycles. The van der Waals surface area contributed by atoms with E-state index >= 15 is 0 Å². The van der Waals surface area contributed by atoms with Crippen molar-refractivity contribution in [1.82, 2.24) is 0 Å². The van der Waals surface area contributed by atoms with Gasteiger partial charge in [0.1, 0.15) is 0 Å². The van der Waals surface area contributed by atoms with Gasteiger partial charge in [0, 0.05) is 12.0 Å². The SMILES string of the molecule is O=C1CCCc2ccccc2-c2ccccc21. The van der Waals surface area contributed by atoms with Crippen molar-refractivity contribution in [3.05, 3.63) is 59.7 Å². The molecule has 2 aromatic rings. The lowest BCUT2D eigenvalue weighted by Gasteiger charge is -2.16. The van der Waals surface area contributed by atoms with Crippen LogP contribution in [0.2, 0.25) is 0 Å². The fraction of sp³-hybridized carbons (Fsp3) is 0.188. The minimum Gasteiger partial charge on any atom is -0.294 e. The Morgan fingerprint density at radius 1 is 0.706 bits per heavy atom. The van der Waals surface area contributed by atoms with Crippen LogP contribution < -0.4 is 0 Å². The largest absolute Gasteiger partial charge is 0.294 e. The second-order valence-electron chi connectivity index (χ2n) is 4.48. The normalized spacial score (nSPS) is 14.5. The van der Waals surface area contributed by atoms with E-state index in [2.05, 4.69) is 24.3 Å². The zero-order chi connectivity index (χ0) is 11.7. The predicted octanol–water partition coefficient (Wildman–Crippen LogP) is 3.87. The molecule has 0 fully saturated rings. The lowest BCUT2D eigenvalue weighted by atomic mass is 9.87. The Hall–Kier alpha value is -1.89.